The van der Waals surface area contributed by atoms with Gasteiger partial charge in [0.2, 0.25) is 0 Å². The summed E-state index contributed by atoms with van der Waals surface area (Å²) in [5.74, 6) is 0. The number of benzene rings is 1. The van der Waals surface area contributed by atoms with Crippen LogP contribution in [0.4, 0.5) is 13.2 Å². The SMILES string of the molecule is O=S(=O)(PCc1ccccc1)C(F)(F)F. The van der Waals surface area contributed by atoms with Crippen molar-refractivity contribution in [3.8, 4) is 0 Å². The molecule has 0 radical (unpaired) electrons. The molecule has 0 spiro atoms. The van der Waals surface area contributed by atoms with Crippen molar-refractivity contribution in [1.29, 1.82) is 0 Å². The monoisotopic (exact) mass is 256 g/mol. The lowest BCUT2D eigenvalue weighted by Crippen LogP contribution is -2.18. The molecule has 1 atom stereocenters. The van der Waals surface area contributed by atoms with Crippen LogP contribution in [0.3, 0.4) is 0 Å². The molecule has 7 heteroatoms. The summed E-state index contributed by atoms with van der Waals surface area (Å²) in [6, 6.07) is 8.21. The quantitative estimate of drug-likeness (QED) is 0.779. The first-order valence-electron chi connectivity index (χ1n) is 3.93. The maximum Gasteiger partial charge on any atom is 0.500 e. The van der Waals surface area contributed by atoms with Gasteiger partial charge in [0, 0.05) is 13.9 Å². The molecule has 1 rings (SSSR count). The fraction of sp³-hybridized carbons (Fsp3) is 0.250. The van der Waals surface area contributed by atoms with Gasteiger partial charge in [-0.15, -0.1) is 0 Å². The number of hydrogen-bond donors (Lipinski definition) is 0. The fourth-order valence-electron chi connectivity index (χ4n) is 0.856. The van der Waals surface area contributed by atoms with E-state index in [1.54, 1.807) is 30.3 Å². The summed E-state index contributed by atoms with van der Waals surface area (Å²) < 4.78 is 57.3. The molecule has 0 aromatic heterocycles. The lowest BCUT2D eigenvalue weighted by atomic mass is 10.2. The van der Waals surface area contributed by atoms with Crippen molar-refractivity contribution in [2.24, 2.45) is 0 Å². The third-order valence-corrected chi connectivity index (χ3v) is 5.42. The van der Waals surface area contributed by atoms with E-state index in [-0.39, 0.29) is 6.16 Å². The first kappa shape index (κ1) is 12.5. The maximum atomic E-state index is 12.0. The molecule has 0 saturated carbocycles. The minimum Gasteiger partial charge on any atom is -0.216 e. The second-order valence-electron chi connectivity index (χ2n) is 2.76. The Morgan fingerprint density at radius 1 is 1.13 bits per heavy atom. The molecule has 15 heavy (non-hydrogen) atoms. The van der Waals surface area contributed by atoms with Crippen molar-refractivity contribution < 1.29 is 21.6 Å². The average Bonchev–Trinajstić information content (AvgIpc) is 2.15. The van der Waals surface area contributed by atoms with Gasteiger partial charge >= 0.3 is 5.51 Å². The average molecular weight is 256 g/mol. The molecule has 1 aromatic carbocycles. The molecule has 0 heterocycles. The Balaban J connectivity index is 2.67. The van der Waals surface area contributed by atoms with Gasteiger partial charge in [-0.05, 0) is 5.56 Å². The van der Waals surface area contributed by atoms with Gasteiger partial charge in [0.15, 0.2) is 0 Å². The van der Waals surface area contributed by atoms with E-state index in [4.69, 9.17) is 0 Å². The lowest BCUT2D eigenvalue weighted by Gasteiger charge is -2.07. The first-order valence-corrected chi connectivity index (χ1v) is 7.34. The number of rotatable bonds is 3. The summed E-state index contributed by atoms with van der Waals surface area (Å²) >= 11 is 0. The van der Waals surface area contributed by atoms with Crippen molar-refractivity contribution in [2.45, 2.75) is 11.7 Å². The van der Waals surface area contributed by atoms with Gasteiger partial charge in [0.05, 0.1) is 0 Å². The van der Waals surface area contributed by atoms with Crippen LogP contribution in [0.15, 0.2) is 30.3 Å². The van der Waals surface area contributed by atoms with Crippen molar-refractivity contribution in [3.63, 3.8) is 0 Å². The van der Waals surface area contributed by atoms with Gasteiger partial charge in [-0.1, -0.05) is 30.3 Å². The topological polar surface area (TPSA) is 34.1 Å². The Bertz CT molecular complexity index is 413. The minimum atomic E-state index is -5.14. The van der Waals surface area contributed by atoms with Crippen LogP contribution in [0.5, 0.6) is 0 Å². The van der Waals surface area contributed by atoms with E-state index in [1.165, 1.54) is 0 Å². The Kier molecular flexibility index (Phi) is 3.73. The van der Waals surface area contributed by atoms with E-state index in [9.17, 15) is 21.6 Å². The van der Waals surface area contributed by atoms with Gasteiger partial charge in [0.1, 0.15) is 0 Å². The lowest BCUT2D eigenvalue weighted by molar-refractivity contribution is -0.0411. The Hall–Kier alpha value is -0.610. The zero-order valence-corrected chi connectivity index (χ0v) is 9.27. The van der Waals surface area contributed by atoms with Crippen molar-refractivity contribution in [1.82, 2.24) is 0 Å². The smallest absolute Gasteiger partial charge is 0.216 e. The third kappa shape index (κ3) is 3.47. The largest absolute Gasteiger partial charge is 0.500 e. The standard InChI is InChI=1S/C8H8F3O2PS/c9-8(10,11)15(12,13)14-6-7-4-2-1-3-5-7/h1-5,14H,6H2. The first-order chi connectivity index (χ1) is 6.83. The van der Waals surface area contributed by atoms with Crippen LogP contribution in [0.2, 0.25) is 0 Å². The third-order valence-electron chi connectivity index (χ3n) is 1.61. The number of alkyl halides is 3. The molecule has 0 aliphatic rings. The highest BCUT2D eigenvalue weighted by Gasteiger charge is 2.44. The van der Waals surface area contributed by atoms with Gasteiger partial charge < -0.3 is 0 Å². The molecule has 2 nitrogen and oxygen atoms in total. The van der Waals surface area contributed by atoms with E-state index in [0.717, 1.165) is 0 Å². The van der Waals surface area contributed by atoms with Crippen LogP contribution in [-0.2, 0) is 15.6 Å². The van der Waals surface area contributed by atoms with Crippen LogP contribution < -0.4 is 0 Å². The molecular weight excluding hydrogens is 248 g/mol. The Labute approximate surface area is 86.9 Å². The van der Waals surface area contributed by atoms with E-state index < -0.39 is 22.7 Å². The van der Waals surface area contributed by atoms with Gasteiger partial charge in [0.25, 0.3) is 9.46 Å². The molecule has 84 valence electrons. The van der Waals surface area contributed by atoms with Gasteiger partial charge in [-0.2, -0.15) is 13.2 Å². The molecule has 0 aliphatic carbocycles. The Morgan fingerprint density at radius 2 is 1.67 bits per heavy atom. The summed E-state index contributed by atoms with van der Waals surface area (Å²) in [6.07, 6.45) is -0.0946. The van der Waals surface area contributed by atoms with Gasteiger partial charge in [-0.25, -0.2) is 8.42 Å². The van der Waals surface area contributed by atoms with Crippen molar-refractivity contribution in [2.75, 3.05) is 0 Å². The predicted molar refractivity (Wildman–Crippen MR) is 53.4 cm³/mol. The number of halogens is 3. The van der Waals surface area contributed by atoms with Crippen LogP contribution in [0, 0.1) is 0 Å². The van der Waals surface area contributed by atoms with Crippen LogP contribution in [0.1, 0.15) is 5.56 Å². The molecule has 0 aliphatic heterocycles. The zero-order valence-electron chi connectivity index (χ0n) is 7.45. The van der Waals surface area contributed by atoms with E-state index in [1.807, 2.05) is 0 Å². The summed E-state index contributed by atoms with van der Waals surface area (Å²) in [7, 11) is -6.13. The summed E-state index contributed by atoms with van der Waals surface area (Å²) in [5.41, 5.74) is -4.55. The van der Waals surface area contributed by atoms with E-state index in [2.05, 4.69) is 0 Å². The molecular formula is C8H8F3O2PS. The van der Waals surface area contributed by atoms with Crippen LogP contribution in [-0.4, -0.2) is 13.9 Å². The zero-order chi connectivity index (χ0) is 11.5. The second-order valence-corrected chi connectivity index (χ2v) is 7.35. The minimum absolute atomic E-state index is 0.0946. The summed E-state index contributed by atoms with van der Waals surface area (Å²) in [4.78, 5) is 0. The normalized spacial score (nSPS) is 13.5. The number of hydrogen-bond acceptors (Lipinski definition) is 2. The van der Waals surface area contributed by atoms with Gasteiger partial charge in [-0.3, -0.25) is 0 Å². The fourth-order valence-corrected chi connectivity index (χ4v) is 3.17. The van der Waals surface area contributed by atoms with E-state index >= 15 is 0 Å². The van der Waals surface area contributed by atoms with Crippen molar-refractivity contribution >= 4 is 17.2 Å². The highest BCUT2D eigenvalue weighted by atomic mass is 32.8. The van der Waals surface area contributed by atoms with Crippen molar-refractivity contribution in [3.05, 3.63) is 35.9 Å². The van der Waals surface area contributed by atoms with Crippen LogP contribution in [0.25, 0.3) is 0 Å². The predicted octanol–water partition coefficient (Wildman–Crippen LogP) is 2.71. The van der Waals surface area contributed by atoms with E-state index in [0.29, 0.717) is 5.56 Å². The second kappa shape index (κ2) is 4.49. The summed E-state index contributed by atoms with van der Waals surface area (Å²) in [5, 5.41) is 0. The molecule has 0 bridgehead atoms. The maximum absolute atomic E-state index is 12.0. The molecule has 0 N–H and O–H groups in total. The van der Waals surface area contributed by atoms with Crippen LogP contribution >= 0.6 is 7.78 Å². The molecule has 0 saturated heterocycles. The highest BCUT2D eigenvalue weighted by molar-refractivity contribution is 8.43. The molecule has 1 aromatic rings. The molecule has 0 amide bonds. The Morgan fingerprint density at radius 3 is 2.13 bits per heavy atom. The molecule has 0 fully saturated rings. The highest BCUT2D eigenvalue weighted by Crippen LogP contribution is 2.38. The summed E-state index contributed by atoms with van der Waals surface area (Å²) in [6.45, 7) is 0. The molecule has 1 unspecified atom stereocenters.